The zero-order valence-electron chi connectivity index (χ0n) is 11.3. The van der Waals surface area contributed by atoms with Crippen LogP contribution in [0.15, 0.2) is 53.7 Å². The minimum Gasteiger partial charge on any atom is -0.344 e. The monoisotopic (exact) mass is 315 g/mol. The van der Waals surface area contributed by atoms with Gasteiger partial charge in [-0.25, -0.2) is 0 Å². The van der Waals surface area contributed by atoms with Crippen LogP contribution in [0.5, 0.6) is 0 Å². The van der Waals surface area contributed by atoms with Crippen LogP contribution < -0.4 is 5.43 Å². The molecular formula is C15H10ClN3O3. The highest BCUT2D eigenvalue weighted by atomic mass is 35.5. The molecule has 0 saturated heterocycles. The fourth-order valence-electron chi connectivity index (χ4n) is 2.27. The molecule has 0 aliphatic heterocycles. The molecular weight excluding hydrogens is 306 g/mol. The van der Waals surface area contributed by atoms with Gasteiger partial charge in [-0.05, 0) is 23.8 Å². The van der Waals surface area contributed by atoms with E-state index < -0.39 is 16.0 Å². The van der Waals surface area contributed by atoms with E-state index in [4.69, 9.17) is 11.6 Å². The smallest absolute Gasteiger partial charge is 0.332 e. The lowest BCUT2D eigenvalue weighted by molar-refractivity contribution is -0.386. The van der Waals surface area contributed by atoms with Crippen molar-refractivity contribution < 1.29 is 4.92 Å². The fourth-order valence-corrected chi connectivity index (χ4v) is 2.48. The molecule has 0 saturated carbocycles. The van der Waals surface area contributed by atoms with E-state index in [2.05, 4.69) is 4.98 Å². The lowest BCUT2D eigenvalue weighted by Crippen LogP contribution is -2.11. The number of pyridine rings is 2. The van der Waals surface area contributed by atoms with Gasteiger partial charge < -0.3 is 4.57 Å². The standard InChI is InChI=1S/C15H10ClN3O3/c16-12-4-3-10(15-11(12)2-1-6-17-15)8-18-7-5-14(20)13(9-18)19(21)22/h1-7,9H,8H2. The predicted molar refractivity (Wildman–Crippen MR) is 83.2 cm³/mol. The molecule has 3 aromatic rings. The minimum atomic E-state index is -0.683. The normalized spacial score (nSPS) is 10.8. The first-order chi connectivity index (χ1) is 10.6. The molecule has 22 heavy (non-hydrogen) atoms. The molecule has 2 heterocycles. The molecule has 0 N–H and O–H groups in total. The zero-order valence-corrected chi connectivity index (χ0v) is 12.0. The topological polar surface area (TPSA) is 78.0 Å². The number of fused-ring (bicyclic) bond motifs is 1. The number of hydrogen-bond acceptors (Lipinski definition) is 4. The van der Waals surface area contributed by atoms with E-state index in [0.717, 1.165) is 16.5 Å². The van der Waals surface area contributed by atoms with Crippen molar-refractivity contribution in [1.82, 2.24) is 9.55 Å². The zero-order chi connectivity index (χ0) is 15.7. The quantitative estimate of drug-likeness (QED) is 0.550. The maximum Gasteiger partial charge on any atom is 0.332 e. The van der Waals surface area contributed by atoms with E-state index in [1.54, 1.807) is 22.9 Å². The Bertz CT molecular complexity index is 937. The Balaban J connectivity index is 2.08. The van der Waals surface area contributed by atoms with Crippen LogP contribution in [0.25, 0.3) is 10.9 Å². The van der Waals surface area contributed by atoms with E-state index >= 15 is 0 Å². The molecule has 0 unspecified atom stereocenters. The van der Waals surface area contributed by atoms with E-state index in [9.17, 15) is 14.9 Å². The second-order valence-corrected chi connectivity index (χ2v) is 5.14. The van der Waals surface area contributed by atoms with Crippen molar-refractivity contribution in [2.45, 2.75) is 6.54 Å². The summed E-state index contributed by atoms with van der Waals surface area (Å²) in [5, 5.41) is 12.3. The molecule has 3 rings (SSSR count). The van der Waals surface area contributed by atoms with Gasteiger partial charge in [0.05, 0.1) is 16.6 Å². The summed E-state index contributed by atoms with van der Waals surface area (Å²) in [6, 6.07) is 8.42. The summed E-state index contributed by atoms with van der Waals surface area (Å²) in [5.74, 6) is 0. The lowest BCUT2D eigenvalue weighted by atomic mass is 10.1. The third-order valence-electron chi connectivity index (χ3n) is 3.31. The number of nitro groups is 1. The third-order valence-corrected chi connectivity index (χ3v) is 3.64. The maximum atomic E-state index is 11.4. The highest BCUT2D eigenvalue weighted by Crippen LogP contribution is 2.25. The van der Waals surface area contributed by atoms with E-state index in [1.807, 2.05) is 12.1 Å². The Morgan fingerprint density at radius 3 is 2.86 bits per heavy atom. The average molecular weight is 316 g/mol. The van der Waals surface area contributed by atoms with Crippen molar-refractivity contribution in [1.29, 1.82) is 0 Å². The van der Waals surface area contributed by atoms with Gasteiger partial charge in [-0.15, -0.1) is 0 Å². The summed E-state index contributed by atoms with van der Waals surface area (Å²) < 4.78 is 1.58. The Hall–Kier alpha value is -2.73. The van der Waals surface area contributed by atoms with Crippen molar-refractivity contribution in [2.24, 2.45) is 0 Å². The highest BCUT2D eigenvalue weighted by Gasteiger charge is 2.12. The first-order valence-electron chi connectivity index (χ1n) is 6.43. The molecule has 6 nitrogen and oxygen atoms in total. The molecule has 0 amide bonds. The first-order valence-corrected chi connectivity index (χ1v) is 6.80. The number of benzene rings is 1. The molecule has 0 atom stereocenters. The van der Waals surface area contributed by atoms with Crippen LogP contribution in [0, 0.1) is 10.1 Å². The maximum absolute atomic E-state index is 11.4. The summed E-state index contributed by atoms with van der Waals surface area (Å²) in [7, 11) is 0. The van der Waals surface area contributed by atoms with E-state index in [-0.39, 0.29) is 0 Å². The molecule has 0 aliphatic rings. The van der Waals surface area contributed by atoms with E-state index in [1.165, 1.54) is 18.5 Å². The molecule has 1 aromatic carbocycles. The Labute approximate surface area is 129 Å². The molecule has 0 aliphatic carbocycles. The van der Waals surface area contributed by atoms with Crippen LogP contribution in [-0.2, 0) is 6.54 Å². The van der Waals surface area contributed by atoms with Gasteiger partial charge in [-0.1, -0.05) is 17.7 Å². The summed E-state index contributed by atoms with van der Waals surface area (Å²) in [5.41, 5.74) is 0.531. The predicted octanol–water partition coefficient (Wildman–Crippen LogP) is 3.01. The van der Waals surface area contributed by atoms with E-state index in [0.29, 0.717) is 11.6 Å². The highest BCUT2D eigenvalue weighted by molar-refractivity contribution is 6.35. The molecule has 0 spiro atoms. The molecule has 2 aromatic heterocycles. The Kier molecular flexibility index (Phi) is 3.60. The second-order valence-electron chi connectivity index (χ2n) is 4.73. The van der Waals surface area contributed by atoms with Gasteiger partial charge in [0.1, 0.15) is 0 Å². The fraction of sp³-hybridized carbons (Fsp3) is 0.0667. The number of halogens is 1. The number of aromatic nitrogens is 2. The minimum absolute atomic E-state index is 0.353. The van der Waals surface area contributed by atoms with Gasteiger partial charge in [0.15, 0.2) is 0 Å². The molecule has 0 fully saturated rings. The van der Waals surface area contributed by atoms with Gasteiger partial charge in [-0.2, -0.15) is 0 Å². The van der Waals surface area contributed by atoms with Gasteiger partial charge in [0.25, 0.3) is 5.43 Å². The SMILES string of the molecule is O=c1ccn(Cc2ccc(Cl)c3cccnc23)cc1[N+](=O)[O-]. The van der Waals surface area contributed by atoms with Gasteiger partial charge >= 0.3 is 5.69 Å². The van der Waals surface area contributed by atoms with Crippen molar-refractivity contribution in [2.75, 3.05) is 0 Å². The van der Waals surface area contributed by atoms with Crippen molar-refractivity contribution in [3.8, 4) is 0 Å². The van der Waals surface area contributed by atoms with Crippen molar-refractivity contribution >= 4 is 28.2 Å². The molecule has 110 valence electrons. The summed E-state index contributed by atoms with van der Waals surface area (Å²) in [6.07, 6.45) is 4.40. The van der Waals surface area contributed by atoms with Crippen molar-refractivity contribution in [3.05, 3.63) is 79.8 Å². The Morgan fingerprint density at radius 2 is 2.09 bits per heavy atom. The molecule has 7 heteroatoms. The summed E-state index contributed by atoms with van der Waals surface area (Å²) in [6.45, 7) is 0.353. The summed E-state index contributed by atoms with van der Waals surface area (Å²) in [4.78, 5) is 25.9. The third kappa shape index (κ3) is 2.56. The van der Waals surface area contributed by atoms with Crippen LogP contribution in [-0.4, -0.2) is 14.5 Å². The lowest BCUT2D eigenvalue weighted by Gasteiger charge is -2.09. The second kappa shape index (κ2) is 5.57. The van der Waals surface area contributed by atoms with Gasteiger partial charge in [0, 0.05) is 35.4 Å². The number of nitrogens with zero attached hydrogens (tertiary/aromatic N) is 3. The van der Waals surface area contributed by atoms with Crippen LogP contribution in [0.3, 0.4) is 0 Å². The number of hydrogen-bond donors (Lipinski definition) is 0. The van der Waals surface area contributed by atoms with Crippen LogP contribution in [0.4, 0.5) is 5.69 Å². The van der Waals surface area contributed by atoms with Gasteiger partial charge in [-0.3, -0.25) is 19.9 Å². The first kappa shape index (κ1) is 14.2. The molecule has 0 bridgehead atoms. The summed E-state index contributed by atoms with van der Waals surface area (Å²) >= 11 is 6.14. The average Bonchev–Trinajstić information content (AvgIpc) is 2.52. The van der Waals surface area contributed by atoms with Crippen molar-refractivity contribution in [3.63, 3.8) is 0 Å². The molecule has 0 radical (unpaired) electrons. The van der Waals surface area contributed by atoms with Gasteiger partial charge in [0.2, 0.25) is 0 Å². The number of rotatable bonds is 3. The largest absolute Gasteiger partial charge is 0.344 e. The Morgan fingerprint density at radius 1 is 1.27 bits per heavy atom. The van der Waals surface area contributed by atoms with Crippen LogP contribution >= 0.6 is 11.6 Å². The van der Waals surface area contributed by atoms with Crippen LogP contribution in [0.2, 0.25) is 5.02 Å². The van der Waals surface area contributed by atoms with Crippen LogP contribution in [0.1, 0.15) is 5.56 Å².